The molecule has 0 bridgehead atoms. The molecule has 0 aliphatic carbocycles. The second kappa shape index (κ2) is 6.66. The monoisotopic (exact) mass is 275 g/mol. The molecule has 0 fully saturated rings. The first-order chi connectivity index (χ1) is 9.67. The number of imidazole rings is 1. The quantitative estimate of drug-likeness (QED) is 0.877. The van der Waals surface area contributed by atoms with E-state index in [1.165, 1.54) is 0 Å². The van der Waals surface area contributed by atoms with Crippen molar-refractivity contribution in [1.82, 2.24) is 14.9 Å². The molecule has 1 N–H and O–H groups in total. The molecule has 3 nitrogen and oxygen atoms in total. The van der Waals surface area contributed by atoms with Crippen LogP contribution in [0.25, 0.3) is 0 Å². The second-order valence-electron chi connectivity index (χ2n) is 4.92. The maximum atomic E-state index is 14.3. The Balaban J connectivity index is 2.29. The highest BCUT2D eigenvalue weighted by Gasteiger charge is 2.18. The fourth-order valence-electron chi connectivity index (χ4n) is 2.48. The summed E-state index contributed by atoms with van der Waals surface area (Å²) in [5, 5.41) is 3.36. The first-order valence-corrected chi connectivity index (χ1v) is 7.15. The van der Waals surface area contributed by atoms with Gasteiger partial charge in [0.15, 0.2) is 0 Å². The zero-order valence-electron chi connectivity index (χ0n) is 12.4. The van der Waals surface area contributed by atoms with Crippen LogP contribution in [-0.2, 0) is 13.0 Å². The number of benzene rings is 1. The Morgan fingerprint density at radius 2 is 2.15 bits per heavy atom. The highest BCUT2D eigenvalue weighted by molar-refractivity contribution is 5.28. The molecule has 0 spiro atoms. The van der Waals surface area contributed by atoms with Crippen LogP contribution in [0.1, 0.15) is 36.8 Å². The minimum atomic E-state index is -0.118. The number of halogens is 1. The van der Waals surface area contributed by atoms with Gasteiger partial charge in [0.05, 0.1) is 0 Å². The maximum absolute atomic E-state index is 14.3. The molecule has 1 aromatic heterocycles. The minimum Gasteiger partial charge on any atom is -0.335 e. The predicted octanol–water partition coefficient (Wildman–Crippen LogP) is 3.24. The summed E-state index contributed by atoms with van der Waals surface area (Å²) < 4.78 is 16.4. The van der Waals surface area contributed by atoms with Gasteiger partial charge in [-0.05, 0) is 26.0 Å². The van der Waals surface area contributed by atoms with E-state index in [4.69, 9.17) is 0 Å². The summed E-state index contributed by atoms with van der Waals surface area (Å²) >= 11 is 0. The summed E-state index contributed by atoms with van der Waals surface area (Å²) in [5.41, 5.74) is 1.40. The lowest BCUT2D eigenvalue weighted by Crippen LogP contribution is -2.25. The Morgan fingerprint density at radius 1 is 1.35 bits per heavy atom. The minimum absolute atomic E-state index is 0.0485. The molecule has 1 heterocycles. The van der Waals surface area contributed by atoms with Crippen molar-refractivity contribution in [3.8, 4) is 0 Å². The number of nitrogens with zero attached hydrogens (tertiary/aromatic N) is 2. The van der Waals surface area contributed by atoms with E-state index in [9.17, 15) is 4.39 Å². The van der Waals surface area contributed by atoms with Gasteiger partial charge in [0.25, 0.3) is 0 Å². The number of nitrogens with one attached hydrogen (secondary N) is 1. The Labute approximate surface area is 119 Å². The van der Waals surface area contributed by atoms with Crippen LogP contribution in [0.2, 0.25) is 0 Å². The van der Waals surface area contributed by atoms with Crippen LogP contribution in [0.3, 0.4) is 0 Å². The largest absolute Gasteiger partial charge is 0.335 e. The SMILES string of the molecule is CCNC(Cc1nccn1CC)c1cccc(C)c1F. The van der Waals surface area contributed by atoms with Crippen molar-refractivity contribution in [1.29, 1.82) is 0 Å². The van der Waals surface area contributed by atoms with Crippen molar-refractivity contribution in [3.05, 3.63) is 53.4 Å². The normalized spacial score (nSPS) is 12.6. The van der Waals surface area contributed by atoms with E-state index < -0.39 is 0 Å². The van der Waals surface area contributed by atoms with Gasteiger partial charge in [0.1, 0.15) is 11.6 Å². The van der Waals surface area contributed by atoms with Gasteiger partial charge < -0.3 is 9.88 Å². The predicted molar refractivity (Wildman–Crippen MR) is 79.2 cm³/mol. The molecule has 108 valence electrons. The third-order valence-corrected chi connectivity index (χ3v) is 3.58. The summed E-state index contributed by atoms with van der Waals surface area (Å²) in [6.45, 7) is 7.60. The van der Waals surface area contributed by atoms with Crippen LogP contribution >= 0.6 is 0 Å². The highest BCUT2D eigenvalue weighted by atomic mass is 19.1. The van der Waals surface area contributed by atoms with Gasteiger partial charge in [0, 0.05) is 37.0 Å². The van der Waals surface area contributed by atoms with Gasteiger partial charge >= 0.3 is 0 Å². The molecule has 2 rings (SSSR count). The van der Waals surface area contributed by atoms with Crippen LogP contribution in [0.5, 0.6) is 0 Å². The smallest absolute Gasteiger partial charge is 0.130 e. The molecule has 0 saturated heterocycles. The van der Waals surface area contributed by atoms with Crippen LogP contribution in [0.4, 0.5) is 4.39 Å². The lowest BCUT2D eigenvalue weighted by Gasteiger charge is -2.20. The van der Waals surface area contributed by atoms with Gasteiger partial charge in [-0.3, -0.25) is 0 Å². The van der Waals surface area contributed by atoms with Crippen molar-refractivity contribution in [2.45, 2.75) is 39.8 Å². The van der Waals surface area contributed by atoms with Crippen LogP contribution in [-0.4, -0.2) is 16.1 Å². The van der Waals surface area contributed by atoms with E-state index in [0.717, 1.165) is 24.5 Å². The summed E-state index contributed by atoms with van der Waals surface area (Å²) in [6, 6.07) is 5.52. The Kier molecular flexibility index (Phi) is 4.90. The number of rotatable bonds is 6. The van der Waals surface area contributed by atoms with Crippen LogP contribution in [0, 0.1) is 12.7 Å². The molecule has 0 radical (unpaired) electrons. The van der Waals surface area contributed by atoms with Crippen molar-refractivity contribution in [2.24, 2.45) is 0 Å². The second-order valence-corrected chi connectivity index (χ2v) is 4.92. The lowest BCUT2D eigenvalue weighted by molar-refractivity contribution is 0.490. The van der Waals surface area contributed by atoms with E-state index in [2.05, 4.69) is 21.8 Å². The molecule has 0 amide bonds. The summed E-state index contributed by atoms with van der Waals surface area (Å²) in [6.07, 6.45) is 4.45. The maximum Gasteiger partial charge on any atom is 0.130 e. The average molecular weight is 275 g/mol. The van der Waals surface area contributed by atoms with Gasteiger partial charge in [-0.25, -0.2) is 9.37 Å². The fourth-order valence-corrected chi connectivity index (χ4v) is 2.48. The van der Waals surface area contributed by atoms with Gasteiger partial charge in [-0.15, -0.1) is 0 Å². The molecule has 0 aliphatic heterocycles. The van der Waals surface area contributed by atoms with Gasteiger partial charge in [-0.2, -0.15) is 0 Å². The van der Waals surface area contributed by atoms with E-state index in [1.807, 2.05) is 25.3 Å². The number of hydrogen-bond donors (Lipinski definition) is 1. The topological polar surface area (TPSA) is 29.9 Å². The third-order valence-electron chi connectivity index (χ3n) is 3.58. The molecule has 20 heavy (non-hydrogen) atoms. The molecule has 2 aromatic rings. The number of aryl methyl sites for hydroxylation is 2. The molecule has 1 aromatic carbocycles. The van der Waals surface area contributed by atoms with Crippen molar-refractivity contribution in [3.63, 3.8) is 0 Å². The molecule has 0 aliphatic rings. The van der Waals surface area contributed by atoms with Crippen LogP contribution < -0.4 is 5.32 Å². The number of hydrogen-bond acceptors (Lipinski definition) is 2. The van der Waals surface area contributed by atoms with Gasteiger partial charge in [-0.1, -0.05) is 25.1 Å². The number of likely N-dealkylation sites (N-methyl/N-ethyl adjacent to an activating group) is 1. The standard InChI is InChI=1S/C16H22FN3/c1-4-18-14(11-15-19-9-10-20(15)5-2)13-8-6-7-12(3)16(13)17/h6-10,14,18H,4-5,11H2,1-3H3. The van der Waals surface area contributed by atoms with Crippen molar-refractivity contribution >= 4 is 0 Å². The highest BCUT2D eigenvalue weighted by Crippen LogP contribution is 2.22. The molecule has 1 atom stereocenters. The zero-order chi connectivity index (χ0) is 14.5. The van der Waals surface area contributed by atoms with Crippen LogP contribution in [0.15, 0.2) is 30.6 Å². The molecular formula is C16H22FN3. The molecule has 1 unspecified atom stereocenters. The van der Waals surface area contributed by atoms with E-state index in [0.29, 0.717) is 12.0 Å². The summed E-state index contributed by atoms with van der Waals surface area (Å²) in [7, 11) is 0. The van der Waals surface area contributed by atoms with Crippen molar-refractivity contribution in [2.75, 3.05) is 6.54 Å². The van der Waals surface area contributed by atoms with E-state index in [-0.39, 0.29) is 11.9 Å². The summed E-state index contributed by atoms with van der Waals surface area (Å²) in [5.74, 6) is 0.868. The Hall–Kier alpha value is -1.68. The third kappa shape index (κ3) is 3.07. The average Bonchev–Trinajstić information content (AvgIpc) is 2.89. The Morgan fingerprint density at radius 3 is 2.85 bits per heavy atom. The zero-order valence-corrected chi connectivity index (χ0v) is 12.4. The fraction of sp³-hybridized carbons (Fsp3) is 0.438. The summed E-state index contributed by atoms with van der Waals surface area (Å²) in [4.78, 5) is 4.39. The van der Waals surface area contributed by atoms with E-state index >= 15 is 0 Å². The molecule has 0 saturated carbocycles. The molecular weight excluding hydrogens is 253 g/mol. The Bertz CT molecular complexity index is 563. The lowest BCUT2D eigenvalue weighted by atomic mass is 10.00. The van der Waals surface area contributed by atoms with E-state index in [1.54, 1.807) is 19.2 Å². The van der Waals surface area contributed by atoms with Crippen molar-refractivity contribution < 1.29 is 4.39 Å². The number of aromatic nitrogens is 2. The van der Waals surface area contributed by atoms with Gasteiger partial charge in [0.2, 0.25) is 0 Å². The molecule has 4 heteroatoms. The first kappa shape index (κ1) is 14.7. The first-order valence-electron chi connectivity index (χ1n) is 7.15.